The third-order valence-electron chi connectivity index (χ3n) is 3.78. The van der Waals surface area contributed by atoms with Crippen LogP contribution in [0.1, 0.15) is 39.5 Å². The number of hydrogen-bond acceptors (Lipinski definition) is 1. The quantitative estimate of drug-likeness (QED) is 0.501. The average molecular weight is 138 g/mol. The monoisotopic (exact) mass is 138 g/mol. The number of rotatable bonds is 0. The van der Waals surface area contributed by atoms with Crippen molar-refractivity contribution in [1.82, 2.24) is 0 Å². The molecule has 0 heterocycles. The van der Waals surface area contributed by atoms with Crippen LogP contribution in [0.15, 0.2) is 0 Å². The van der Waals surface area contributed by atoms with E-state index in [2.05, 4.69) is 13.8 Å². The first-order chi connectivity index (χ1) is 4.58. The predicted octanol–water partition coefficient (Wildman–Crippen LogP) is 2.16. The Kier molecular flexibility index (Phi) is 0.934. The lowest BCUT2D eigenvalue weighted by Crippen LogP contribution is -2.58. The number of carbonyl (C=O) groups excluding carboxylic acids is 1. The van der Waals surface area contributed by atoms with E-state index in [1.807, 2.05) is 0 Å². The summed E-state index contributed by atoms with van der Waals surface area (Å²) in [7, 11) is 0. The van der Waals surface area contributed by atoms with Crippen LogP contribution >= 0.6 is 0 Å². The van der Waals surface area contributed by atoms with Crippen molar-refractivity contribution in [3.8, 4) is 0 Å². The first-order valence-corrected chi connectivity index (χ1v) is 4.12. The van der Waals surface area contributed by atoms with Crippen LogP contribution in [0.5, 0.6) is 0 Å². The fourth-order valence-electron chi connectivity index (χ4n) is 2.44. The van der Waals surface area contributed by atoms with Crippen LogP contribution in [0.25, 0.3) is 0 Å². The number of ketones is 1. The number of hydrogen-bond donors (Lipinski definition) is 0. The Morgan fingerprint density at radius 1 is 1.20 bits per heavy atom. The topological polar surface area (TPSA) is 17.1 Å². The number of carbonyl (C=O) groups is 1. The van der Waals surface area contributed by atoms with Crippen LogP contribution in [0.3, 0.4) is 0 Å². The minimum absolute atomic E-state index is 0.160. The molecule has 2 aliphatic carbocycles. The highest BCUT2D eigenvalue weighted by Gasteiger charge is 2.61. The standard InChI is InChI=1S/C9H14O/c1-8(2)5-6-9(8)4-3-7(9)10/h3-6H2,1-2H3. The van der Waals surface area contributed by atoms with Crippen molar-refractivity contribution in [2.45, 2.75) is 39.5 Å². The molecule has 0 aromatic carbocycles. The molecule has 2 fully saturated rings. The lowest BCUT2D eigenvalue weighted by atomic mass is 9.42. The summed E-state index contributed by atoms with van der Waals surface area (Å²) in [5.74, 6) is 0.531. The SMILES string of the molecule is CC1(C)CCC12CCC2=O. The van der Waals surface area contributed by atoms with E-state index in [9.17, 15) is 4.79 Å². The summed E-state index contributed by atoms with van der Waals surface area (Å²) in [4.78, 5) is 11.3. The first-order valence-electron chi connectivity index (χ1n) is 4.12. The van der Waals surface area contributed by atoms with Crippen LogP contribution in [0, 0.1) is 10.8 Å². The molecule has 0 radical (unpaired) electrons. The van der Waals surface area contributed by atoms with Crippen LogP contribution < -0.4 is 0 Å². The summed E-state index contributed by atoms with van der Waals surface area (Å²) in [6, 6.07) is 0. The Labute approximate surface area is 61.8 Å². The minimum atomic E-state index is 0.160. The van der Waals surface area contributed by atoms with Crippen molar-refractivity contribution >= 4 is 5.78 Å². The van der Waals surface area contributed by atoms with E-state index in [1.54, 1.807) is 0 Å². The third-order valence-corrected chi connectivity index (χ3v) is 3.78. The van der Waals surface area contributed by atoms with Crippen LogP contribution in [0.2, 0.25) is 0 Å². The highest BCUT2D eigenvalue weighted by molar-refractivity contribution is 5.92. The molecule has 1 nitrogen and oxygen atoms in total. The molecule has 1 unspecified atom stereocenters. The van der Waals surface area contributed by atoms with Gasteiger partial charge in [0.1, 0.15) is 5.78 Å². The average Bonchev–Trinajstić information content (AvgIpc) is 1.83. The zero-order chi connectivity index (χ0) is 7.41. The van der Waals surface area contributed by atoms with Crippen LogP contribution in [0.4, 0.5) is 0 Å². The summed E-state index contributed by atoms with van der Waals surface area (Å²) in [5.41, 5.74) is 0.495. The van der Waals surface area contributed by atoms with Crippen LogP contribution in [-0.4, -0.2) is 5.78 Å². The van der Waals surface area contributed by atoms with Crippen molar-refractivity contribution in [3.05, 3.63) is 0 Å². The van der Waals surface area contributed by atoms with Gasteiger partial charge in [-0.2, -0.15) is 0 Å². The summed E-state index contributed by atoms with van der Waals surface area (Å²) in [6.45, 7) is 4.46. The molecule has 1 spiro atoms. The van der Waals surface area contributed by atoms with E-state index < -0.39 is 0 Å². The molecule has 56 valence electrons. The second kappa shape index (κ2) is 1.46. The molecule has 0 saturated heterocycles. The molecule has 0 N–H and O–H groups in total. The van der Waals surface area contributed by atoms with Gasteiger partial charge in [-0.25, -0.2) is 0 Å². The Morgan fingerprint density at radius 2 is 1.90 bits per heavy atom. The smallest absolute Gasteiger partial charge is 0.139 e. The van der Waals surface area contributed by atoms with E-state index in [1.165, 1.54) is 19.3 Å². The van der Waals surface area contributed by atoms with Gasteiger partial charge in [-0.3, -0.25) is 4.79 Å². The molecule has 1 heteroatoms. The van der Waals surface area contributed by atoms with Gasteiger partial charge in [0.25, 0.3) is 0 Å². The van der Waals surface area contributed by atoms with E-state index in [0.717, 1.165) is 6.42 Å². The molecule has 0 aliphatic heterocycles. The van der Waals surface area contributed by atoms with Crippen molar-refractivity contribution in [2.75, 3.05) is 0 Å². The molecular weight excluding hydrogens is 124 g/mol. The fraction of sp³-hybridized carbons (Fsp3) is 0.889. The summed E-state index contributed by atoms with van der Waals surface area (Å²) < 4.78 is 0. The van der Waals surface area contributed by atoms with Gasteiger partial charge in [0.05, 0.1) is 0 Å². The maximum Gasteiger partial charge on any atom is 0.139 e. The summed E-state index contributed by atoms with van der Waals surface area (Å²) in [6.07, 6.45) is 4.43. The summed E-state index contributed by atoms with van der Waals surface area (Å²) in [5, 5.41) is 0. The molecule has 0 aromatic rings. The van der Waals surface area contributed by atoms with E-state index >= 15 is 0 Å². The van der Waals surface area contributed by atoms with E-state index in [0.29, 0.717) is 11.2 Å². The highest BCUT2D eigenvalue weighted by Crippen LogP contribution is 2.64. The third kappa shape index (κ3) is 0.446. The van der Waals surface area contributed by atoms with Gasteiger partial charge in [0.15, 0.2) is 0 Å². The van der Waals surface area contributed by atoms with Gasteiger partial charge in [0, 0.05) is 11.8 Å². The Morgan fingerprint density at radius 3 is 1.90 bits per heavy atom. The lowest BCUT2D eigenvalue weighted by Gasteiger charge is -2.60. The first kappa shape index (κ1) is 6.38. The van der Waals surface area contributed by atoms with Gasteiger partial charge in [-0.05, 0) is 24.7 Å². The molecule has 2 aliphatic rings. The summed E-state index contributed by atoms with van der Waals surface area (Å²) >= 11 is 0. The van der Waals surface area contributed by atoms with E-state index in [4.69, 9.17) is 0 Å². The van der Waals surface area contributed by atoms with Gasteiger partial charge in [0.2, 0.25) is 0 Å². The zero-order valence-corrected chi connectivity index (χ0v) is 6.74. The molecule has 0 aromatic heterocycles. The molecule has 1 atom stereocenters. The lowest BCUT2D eigenvalue weighted by molar-refractivity contribution is -0.166. The van der Waals surface area contributed by atoms with E-state index in [-0.39, 0.29) is 5.41 Å². The second-order valence-corrected chi connectivity index (χ2v) is 4.39. The molecule has 2 rings (SSSR count). The predicted molar refractivity (Wildman–Crippen MR) is 39.7 cm³/mol. The van der Waals surface area contributed by atoms with Gasteiger partial charge in [-0.15, -0.1) is 0 Å². The van der Waals surface area contributed by atoms with Crippen LogP contribution in [-0.2, 0) is 4.79 Å². The minimum Gasteiger partial charge on any atom is -0.299 e. The molecule has 2 saturated carbocycles. The Hall–Kier alpha value is -0.330. The van der Waals surface area contributed by atoms with Crippen molar-refractivity contribution < 1.29 is 4.79 Å². The molecule has 0 amide bonds. The second-order valence-electron chi connectivity index (χ2n) is 4.39. The van der Waals surface area contributed by atoms with Gasteiger partial charge in [-0.1, -0.05) is 13.8 Å². The Balaban J connectivity index is 2.25. The molecule has 10 heavy (non-hydrogen) atoms. The van der Waals surface area contributed by atoms with Crippen molar-refractivity contribution in [1.29, 1.82) is 0 Å². The maximum absolute atomic E-state index is 11.3. The van der Waals surface area contributed by atoms with Crippen molar-refractivity contribution in [2.24, 2.45) is 10.8 Å². The number of Topliss-reactive ketones (excluding diaryl/α,β-unsaturated/α-hetero) is 1. The molecular formula is C9H14O. The Bertz CT molecular complexity index is 189. The normalized spacial score (nSPS) is 42.8. The largest absolute Gasteiger partial charge is 0.299 e. The fourth-order valence-corrected chi connectivity index (χ4v) is 2.44. The highest BCUT2D eigenvalue weighted by atomic mass is 16.1. The van der Waals surface area contributed by atoms with Crippen molar-refractivity contribution in [3.63, 3.8) is 0 Å². The molecule has 0 bridgehead atoms. The van der Waals surface area contributed by atoms with Gasteiger partial charge >= 0.3 is 0 Å². The zero-order valence-electron chi connectivity index (χ0n) is 6.74. The van der Waals surface area contributed by atoms with Gasteiger partial charge < -0.3 is 0 Å². The maximum atomic E-state index is 11.3.